The lowest BCUT2D eigenvalue weighted by Gasteiger charge is -2.39. The highest BCUT2D eigenvalue weighted by atomic mass is 16.6. The Balaban J connectivity index is 1.67. The topological polar surface area (TPSA) is 116 Å². The van der Waals surface area contributed by atoms with Crippen LogP contribution in [0.5, 0.6) is 0 Å². The second-order valence-corrected chi connectivity index (χ2v) is 13.5. The fourth-order valence-electron chi connectivity index (χ4n) is 6.67. The number of allylic oxidation sites excluding steroid dienone is 1. The third kappa shape index (κ3) is 8.86. The summed E-state index contributed by atoms with van der Waals surface area (Å²) in [4.78, 5) is 52.8. The molecule has 0 radical (unpaired) electrons. The Morgan fingerprint density at radius 1 is 0.875 bits per heavy atom. The number of carbonyl (C=O) groups excluding carboxylic acids is 4. The van der Waals surface area contributed by atoms with Gasteiger partial charge >= 0.3 is 17.9 Å². The van der Waals surface area contributed by atoms with Crippen molar-refractivity contribution in [2.75, 3.05) is 0 Å². The van der Waals surface area contributed by atoms with Crippen LogP contribution < -0.4 is 0 Å². The maximum absolute atomic E-state index is 14.2. The summed E-state index contributed by atoms with van der Waals surface area (Å²) < 4.78 is 17.8. The van der Waals surface area contributed by atoms with Crippen molar-refractivity contribution in [2.45, 2.75) is 77.8 Å². The Labute approximate surface area is 283 Å². The summed E-state index contributed by atoms with van der Waals surface area (Å²) in [6.07, 6.45) is 7.28. The minimum Gasteiger partial charge on any atom is -0.458 e. The Kier molecular flexibility index (Phi) is 11.8. The summed E-state index contributed by atoms with van der Waals surface area (Å²) in [5.41, 5.74) is -0.647. The molecule has 1 saturated carbocycles. The summed E-state index contributed by atoms with van der Waals surface area (Å²) in [7, 11) is 0. The van der Waals surface area contributed by atoms with Crippen LogP contribution in [0, 0.1) is 23.2 Å². The van der Waals surface area contributed by atoms with Crippen LogP contribution >= 0.6 is 0 Å². The number of esters is 3. The van der Waals surface area contributed by atoms with E-state index in [1.165, 1.54) is 19.1 Å². The molecule has 48 heavy (non-hydrogen) atoms. The number of ether oxygens (including phenoxy) is 3. The van der Waals surface area contributed by atoms with E-state index < -0.39 is 70.8 Å². The van der Waals surface area contributed by atoms with Gasteiger partial charge in [-0.2, -0.15) is 0 Å². The quantitative estimate of drug-likeness (QED) is 0.152. The van der Waals surface area contributed by atoms with Gasteiger partial charge in [-0.15, -0.1) is 0 Å². The molecule has 254 valence electrons. The minimum atomic E-state index is -1.99. The molecule has 4 rings (SSSR count). The van der Waals surface area contributed by atoms with Crippen molar-refractivity contribution in [1.82, 2.24) is 0 Å². The second kappa shape index (κ2) is 15.6. The van der Waals surface area contributed by atoms with Crippen LogP contribution in [-0.4, -0.2) is 52.7 Å². The van der Waals surface area contributed by atoms with Crippen molar-refractivity contribution in [3.63, 3.8) is 0 Å². The summed E-state index contributed by atoms with van der Waals surface area (Å²) >= 11 is 0. The van der Waals surface area contributed by atoms with Crippen LogP contribution in [0.3, 0.4) is 0 Å². The molecule has 0 unspecified atom stereocenters. The molecule has 0 saturated heterocycles. The van der Waals surface area contributed by atoms with Crippen molar-refractivity contribution in [3.05, 3.63) is 108 Å². The molecule has 0 aliphatic heterocycles. The van der Waals surface area contributed by atoms with Crippen LogP contribution in [0.25, 0.3) is 12.2 Å². The molecule has 0 bridgehead atoms. The van der Waals surface area contributed by atoms with Gasteiger partial charge in [0.2, 0.25) is 0 Å². The first-order valence-electron chi connectivity index (χ1n) is 16.4. The molecule has 8 nitrogen and oxygen atoms in total. The van der Waals surface area contributed by atoms with Gasteiger partial charge in [-0.05, 0) is 54.0 Å². The van der Waals surface area contributed by atoms with E-state index in [-0.39, 0.29) is 12.8 Å². The fraction of sp³-hybridized carbons (Fsp3) is 0.400. The number of aliphatic hydroxyl groups is 1. The Bertz CT molecular complexity index is 1570. The van der Waals surface area contributed by atoms with Crippen molar-refractivity contribution < 1.29 is 38.5 Å². The molecule has 0 spiro atoms. The second-order valence-electron chi connectivity index (χ2n) is 13.5. The predicted molar refractivity (Wildman–Crippen MR) is 184 cm³/mol. The van der Waals surface area contributed by atoms with Crippen LogP contribution in [-0.2, 0) is 33.4 Å². The number of Topliss-reactive ketones (excluding diaryl/α,β-unsaturated/α-hetero) is 1. The number of hydrogen-bond donors (Lipinski definition) is 1. The molecule has 1 N–H and O–H groups in total. The highest BCUT2D eigenvalue weighted by molar-refractivity contribution is 5.92. The Morgan fingerprint density at radius 2 is 1.42 bits per heavy atom. The van der Waals surface area contributed by atoms with Gasteiger partial charge in [-0.3, -0.25) is 9.59 Å². The predicted octanol–water partition coefficient (Wildman–Crippen LogP) is 6.69. The van der Waals surface area contributed by atoms with E-state index in [2.05, 4.69) is 6.58 Å². The van der Waals surface area contributed by atoms with E-state index in [9.17, 15) is 24.3 Å². The van der Waals surface area contributed by atoms with E-state index in [0.29, 0.717) is 12.0 Å². The minimum absolute atomic E-state index is 0.00253. The molecule has 0 amide bonds. The van der Waals surface area contributed by atoms with E-state index in [4.69, 9.17) is 14.2 Å². The molecule has 0 aromatic heterocycles. The molecule has 8 heteroatoms. The first kappa shape index (κ1) is 36.3. The zero-order chi connectivity index (χ0) is 35.1. The van der Waals surface area contributed by atoms with Crippen molar-refractivity contribution in [3.8, 4) is 0 Å². The van der Waals surface area contributed by atoms with Crippen LogP contribution in [0.4, 0.5) is 0 Å². The lowest BCUT2D eigenvalue weighted by atomic mass is 9.73. The third-order valence-corrected chi connectivity index (χ3v) is 9.27. The molecular formula is C40H46O8. The number of hydrogen-bond acceptors (Lipinski definition) is 8. The summed E-state index contributed by atoms with van der Waals surface area (Å²) in [5, 5.41) is 12.2. The van der Waals surface area contributed by atoms with E-state index in [0.717, 1.165) is 11.1 Å². The van der Waals surface area contributed by atoms with E-state index in [1.807, 2.05) is 80.6 Å². The normalized spacial score (nSPS) is 29.1. The van der Waals surface area contributed by atoms with Crippen molar-refractivity contribution >= 4 is 35.8 Å². The zero-order valence-corrected chi connectivity index (χ0v) is 28.3. The molecule has 1 fully saturated rings. The summed E-state index contributed by atoms with van der Waals surface area (Å²) in [6, 6.07) is 18.6. The van der Waals surface area contributed by atoms with Gasteiger partial charge < -0.3 is 19.3 Å². The van der Waals surface area contributed by atoms with Crippen molar-refractivity contribution in [2.24, 2.45) is 23.2 Å². The van der Waals surface area contributed by atoms with E-state index >= 15 is 0 Å². The zero-order valence-electron chi connectivity index (χ0n) is 28.3. The van der Waals surface area contributed by atoms with Gasteiger partial charge in [0.25, 0.3) is 0 Å². The fourth-order valence-corrected chi connectivity index (χ4v) is 6.67. The van der Waals surface area contributed by atoms with Gasteiger partial charge in [-0.1, -0.05) is 107 Å². The lowest BCUT2D eigenvalue weighted by molar-refractivity contribution is -0.170. The van der Waals surface area contributed by atoms with E-state index in [1.54, 1.807) is 32.1 Å². The van der Waals surface area contributed by atoms with Gasteiger partial charge in [-0.25, -0.2) is 9.59 Å². The number of ketones is 1. The Hall–Kier alpha value is -4.56. The highest BCUT2D eigenvalue weighted by Crippen LogP contribution is 2.48. The van der Waals surface area contributed by atoms with Gasteiger partial charge in [0, 0.05) is 30.4 Å². The van der Waals surface area contributed by atoms with Gasteiger partial charge in [0.15, 0.2) is 5.78 Å². The third-order valence-electron chi connectivity index (χ3n) is 9.27. The maximum atomic E-state index is 14.2. The van der Waals surface area contributed by atoms with Crippen molar-refractivity contribution in [1.29, 1.82) is 0 Å². The lowest BCUT2D eigenvalue weighted by Crippen LogP contribution is -2.54. The number of carbonyl (C=O) groups is 4. The highest BCUT2D eigenvalue weighted by Gasteiger charge is 2.61. The number of benzene rings is 2. The van der Waals surface area contributed by atoms with Crippen LogP contribution in [0.2, 0.25) is 0 Å². The molecule has 2 aromatic carbocycles. The summed E-state index contributed by atoms with van der Waals surface area (Å²) in [5.74, 6) is -4.66. The van der Waals surface area contributed by atoms with Crippen LogP contribution in [0.1, 0.15) is 65.0 Å². The summed E-state index contributed by atoms with van der Waals surface area (Å²) in [6.45, 7) is 12.8. The molecule has 7 atom stereocenters. The SMILES string of the molecule is C=C1CC[C@H](OC(=O)C=Cc2ccccc2)C(C)(C)C=C[C@H](C)C(=O)[C@@]2(O)C[C@H](C)[C@H](OC(=O)C=Cc3ccccc3)[C@@H]2[C@H]1OC(C)=O. The van der Waals surface area contributed by atoms with Gasteiger partial charge in [0.05, 0.1) is 5.92 Å². The van der Waals surface area contributed by atoms with Crippen LogP contribution in [0.15, 0.2) is 97.1 Å². The molecule has 0 heterocycles. The molecular weight excluding hydrogens is 608 g/mol. The average Bonchev–Trinajstić information content (AvgIpc) is 3.31. The average molecular weight is 655 g/mol. The maximum Gasteiger partial charge on any atom is 0.331 e. The molecule has 2 aromatic rings. The smallest absolute Gasteiger partial charge is 0.331 e. The standard InChI is InChI=1S/C40H46O8/c1-26-17-20-32(47-33(42)21-18-30-13-9-7-10-14-30)39(5,6)24-23-27(2)38(44)40(45)25-28(3)37(35(40)36(26)46-29(4)41)48-34(43)22-19-31-15-11-8-12-16-31/h7-16,18-19,21-24,27-28,32,35-37,45H,1,17,20,25H2,2-6H3/t27-,28-,32-,35-,36-,37-,40+/m0/s1. The molecule has 2 aliphatic carbocycles. The monoisotopic (exact) mass is 654 g/mol. The number of fused-ring (bicyclic) bond motifs is 1. The first-order valence-corrected chi connectivity index (χ1v) is 16.4. The van der Waals surface area contributed by atoms with Gasteiger partial charge in [0.1, 0.15) is 23.9 Å². The first-order chi connectivity index (χ1) is 22.7. The largest absolute Gasteiger partial charge is 0.458 e. The Morgan fingerprint density at radius 3 is 1.96 bits per heavy atom. The number of rotatable bonds is 7. The molecule has 2 aliphatic rings.